The van der Waals surface area contributed by atoms with Crippen LogP contribution < -0.4 is 0 Å². The molecule has 0 aliphatic rings. The zero-order valence-electron chi connectivity index (χ0n) is 12.2. The molecular formula is C17H18O4S. The topological polar surface area (TPSA) is 74.6 Å². The first kappa shape index (κ1) is 17.8. The number of carbonyl (C=O) groups is 2. The zero-order chi connectivity index (χ0) is 16.4. The molecular weight excluding hydrogens is 300 g/mol. The lowest BCUT2D eigenvalue weighted by molar-refractivity contribution is -0.135. The average Bonchev–Trinajstić information content (AvgIpc) is 2.49. The Morgan fingerprint density at radius 1 is 0.909 bits per heavy atom. The maximum absolute atomic E-state index is 10.7. The van der Waals surface area contributed by atoms with Gasteiger partial charge in [-0.1, -0.05) is 60.7 Å². The predicted octanol–water partition coefficient (Wildman–Crippen LogP) is 3.68. The maximum atomic E-state index is 10.7. The second-order valence-electron chi connectivity index (χ2n) is 4.43. The van der Waals surface area contributed by atoms with Crippen molar-refractivity contribution in [2.24, 2.45) is 0 Å². The molecule has 0 saturated carbocycles. The first-order chi connectivity index (χ1) is 10.5. The summed E-state index contributed by atoms with van der Waals surface area (Å²) in [6, 6.07) is 20.0. The molecule has 0 spiro atoms. The van der Waals surface area contributed by atoms with E-state index in [9.17, 15) is 4.79 Å². The van der Waals surface area contributed by atoms with Crippen LogP contribution in [0.4, 0.5) is 0 Å². The molecule has 0 atom stereocenters. The first-order valence-corrected chi connectivity index (χ1v) is 7.68. The van der Waals surface area contributed by atoms with E-state index >= 15 is 0 Å². The van der Waals surface area contributed by atoms with Gasteiger partial charge in [-0.3, -0.25) is 9.59 Å². The number of hydrogen-bond acceptors (Lipinski definition) is 3. The molecule has 2 N–H and O–H groups in total. The minimum atomic E-state index is -0.833. The van der Waals surface area contributed by atoms with E-state index in [0.717, 1.165) is 18.1 Å². The van der Waals surface area contributed by atoms with Gasteiger partial charge < -0.3 is 10.2 Å². The van der Waals surface area contributed by atoms with E-state index in [-0.39, 0.29) is 11.0 Å². The van der Waals surface area contributed by atoms with Crippen LogP contribution in [0.5, 0.6) is 0 Å². The Kier molecular flexibility index (Phi) is 7.78. The van der Waals surface area contributed by atoms with Crippen molar-refractivity contribution in [2.45, 2.75) is 12.2 Å². The van der Waals surface area contributed by atoms with Crippen LogP contribution in [0.25, 0.3) is 0 Å². The van der Waals surface area contributed by atoms with Crippen LogP contribution in [-0.4, -0.2) is 27.9 Å². The lowest BCUT2D eigenvalue weighted by atomic mass is 10.0. The number of aliphatic carboxylic acids is 2. The van der Waals surface area contributed by atoms with Gasteiger partial charge in [0.2, 0.25) is 0 Å². The summed E-state index contributed by atoms with van der Waals surface area (Å²) in [6.45, 7) is 1.08. The third-order valence-electron chi connectivity index (χ3n) is 2.58. The summed E-state index contributed by atoms with van der Waals surface area (Å²) in [5.74, 6) is -1.51. The predicted molar refractivity (Wildman–Crippen MR) is 88.1 cm³/mol. The highest BCUT2D eigenvalue weighted by atomic mass is 32.2. The van der Waals surface area contributed by atoms with Crippen molar-refractivity contribution in [2.75, 3.05) is 5.75 Å². The van der Waals surface area contributed by atoms with Crippen LogP contribution >= 0.6 is 11.8 Å². The Bertz CT molecular complexity index is 541. The number of hydrogen-bond donors (Lipinski definition) is 2. The van der Waals surface area contributed by atoms with E-state index in [1.165, 1.54) is 11.8 Å². The SMILES string of the molecule is CC(=O)O.O=C(O)CSC(c1ccccc1)c1ccccc1. The van der Waals surface area contributed by atoms with Gasteiger partial charge in [-0.25, -0.2) is 0 Å². The number of thioether (sulfide) groups is 1. The summed E-state index contributed by atoms with van der Waals surface area (Å²) in [7, 11) is 0. The molecule has 0 fully saturated rings. The summed E-state index contributed by atoms with van der Waals surface area (Å²) in [5.41, 5.74) is 2.27. The monoisotopic (exact) mass is 318 g/mol. The van der Waals surface area contributed by atoms with Crippen molar-refractivity contribution in [3.63, 3.8) is 0 Å². The van der Waals surface area contributed by atoms with Crippen LogP contribution in [0, 0.1) is 0 Å². The maximum Gasteiger partial charge on any atom is 0.313 e. The fourth-order valence-corrected chi connectivity index (χ4v) is 2.80. The van der Waals surface area contributed by atoms with Crippen molar-refractivity contribution >= 4 is 23.7 Å². The van der Waals surface area contributed by atoms with Gasteiger partial charge in [0.25, 0.3) is 5.97 Å². The average molecular weight is 318 g/mol. The Morgan fingerprint density at radius 2 is 1.27 bits per heavy atom. The number of carboxylic acid groups (broad SMARTS) is 2. The van der Waals surface area contributed by atoms with E-state index in [4.69, 9.17) is 15.0 Å². The van der Waals surface area contributed by atoms with Gasteiger partial charge in [-0.05, 0) is 11.1 Å². The third kappa shape index (κ3) is 6.95. The largest absolute Gasteiger partial charge is 0.481 e. The molecule has 2 aromatic rings. The third-order valence-corrected chi connectivity index (χ3v) is 3.87. The minimum absolute atomic E-state index is 0.0727. The molecule has 22 heavy (non-hydrogen) atoms. The second kappa shape index (κ2) is 9.63. The van der Waals surface area contributed by atoms with E-state index < -0.39 is 11.9 Å². The minimum Gasteiger partial charge on any atom is -0.481 e. The van der Waals surface area contributed by atoms with E-state index in [2.05, 4.69) is 0 Å². The highest BCUT2D eigenvalue weighted by molar-refractivity contribution is 8.00. The molecule has 0 amide bonds. The van der Waals surface area contributed by atoms with Crippen molar-refractivity contribution in [1.29, 1.82) is 0 Å². The molecule has 0 aromatic heterocycles. The van der Waals surface area contributed by atoms with Gasteiger partial charge in [0.1, 0.15) is 0 Å². The summed E-state index contributed by atoms with van der Waals surface area (Å²) in [6.07, 6.45) is 0. The molecule has 0 heterocycles. The second-order valence-corrected chi connectivity index (χ2v) is 5.52. The summed E-state index contributed by atoms with van der Waals surface area (Å²) in [5, 5.41) is 16.3. The van der Waals surface area contributed by atoms with Crippen LogP contribution in [0.2, 0.25) is 0 Å². The normalized spacial score (nSPS) is 9.73. The van der Waals surface area contributed by atoms with E-state index in [1.54, 1.807) is 0 Å². The molecule has 0 aliphatic heterocycles. The van der Waals surface area contributed by atoms with Gasteiger partial charge >= 0.3 is 5.97 Å². The Balaban J connectivity index is 0.000000541. The lowest BCUT2D eigenvalue weighted by Crippen LogP contribution is -2.03. The first-order valence-electron chi connectivity index (χ1n) is 6.63. The van der Waals surface area contributed by atoms with Crippen LogP contribution in [0.1, 0.15) is 23.3 Å². The lowest BCUT2D eigenvalue weighted by Gasteiger charge is -2.16. The molecule has 4 nitrogen and oxygen atoms in total. The van der Waals surface area contributed by atoms with Crippen LogP contribution in [0.15, 0.2) is 60.7 Å². The van der Waals surface area contributed by atoms with Crippen molar-refractivity contribution in [1.82, 2.24) is 0 Å². The van der Waals surface area contributed by atoms with Crippen molar-refractivity contribution < 1.29 is 19.8 Å². The van der Waals surface area contributed by atoms with Crippen molar-refractivity contribution in [3.05, 3.63) is 71.8 Å². The molecule has 2 rings (SSSR count). The van der Waals surface area contributed by atoms with Gasteiger partial charge in [0.15, 0.2) is 0 Å². The molecule has 0 aliphatic carbocycles. The van der Waals surface area contributed by atoms with Crippen molar-refractivity contribution in [3.8, 4) is 0 Å². The fraction of sp³-hybridized carbons (Fsp3) is 0.176. The van der Waals surface area contributed by atoms with Gasteiger partial charge in [-0.15, -0.1) is 11.8 Å². The standard InChI is InChI=1S/C15H14O2S.C2H4O2/c16-14(17)11-18-15(12-7-3-1-4-8-12)13-9-5-2-6-10-13;1-2(3)4/h1-10,15H,11H2,(H,16,17);1H3,(H,3,4). The summed E-state index contributed by atoms with van der Waals surface area (Å²) >= 11 is 1.44. The molecule has 0 radical (unpaired) electrons. The Morgan fingerprint density at radius 3 is 1.59 bits per heavy atom. The highest BCUT2D eigenvalue weighted by Gasteiger charge is 2.15. The van der Waals surface area contributed by atoms with Crippen LogP contribution in [0.3, 0.4) is 0 Å². The summed E-state index contributed by atoms with van der Waals surface area (Å²) in [4.78, 5) is 19.7. The van der Waals surface area contributed by atoms with Gasteiger partial charge in [0.05, 0.1) is 11.0 Å². The van der Waals surface area contributed by atoms with Crippen LogP contribution in [-0.2, 0) is 9.59 Å². The molecule has 2 aromatic carbocycles. The van der Waals surface area contributed by atoms with E-state index in [1.807, 2.05) is 60.7 Å². The quantitative estimate of drug-likeness (QED) is 0.879. The van der Waals surface area contributed by atoms with Gasteiger partial charge in [-0.2, -0.15) is 0 Å². The van der Waals surface area contributed by atoms with Gasteiger partial charge in [0, 0.05) is 6.92 Å². The fourth-order valence-electron chi connectivity index (χ4n) is 1.80. The molecule has 0 bridgehead atoms. The Hall–Kier alpha value is -2.27. The Labute approximate surface area is 133 Å². The number of carboxylic acids is 2. The summed E-state index contributed by atoms with van der Waals surface area (Å²) < 4.78 is 0. The molecule has 5 heteroatoms. The van der Waals surface area contributed by atoms with E-state index in [0.29, 0.717) is 0 Å². The molecule has 0 saturated heterocycles. The number of benzene rings is 2. The number of rotatable bonds is 5. The smallest absolute Gasteiger partial charge is 0.313 e. The molecule has 0 unspecified atom stereocenters. The molecule has 116 valence electrons. The highest BCUT2D eigenvalue weighted by Crippen LogP contribution is 2.35. The zero-order valence-corrected chi connectivity index (χ0v) is 13.0.